The number of hydrogen-bond donors (Lipinski definition) is 2. The number of nitrogens with one attached hydrogen (secondary N) is 2. The molecule has 20 heavy (non-hydrogen) atoms. The second-order valence-corrected chi connectivity index (χ2v) is 4.72. The van der Waals surface area contributed by atoms with Crippen molar-refractivity contribution in [1.82, 2.24) is 10.6 Å². The lowest BCUT2D eigenvalue weighted by molar-refractivity contribution is -0.120. The summed E-state index contributed by atoms with van der Waals surface area (Å²) in [6.45, 7) is 6.00. The maximum Gasteiger partial charge on any atom is 0.234 e. The Hall–Kier alpha value is -1.59. The third-order valence-electron chi connectivity index (χ3n) is 2.71. The van der Waals surface area contributed by atoms with E-state index in [1.54, 1.807) is 7.11 Å². The highest BCUT2D eigenvalue weighted by Crippen LogP contribution is 2.12. The lowest BCUT2D eigenvalue weighted by atomic mass is 10.2. The van der Waals surface area contributed by atoms with E-state index in [2.05, 4.69) is 10.6 Å². The summed E-state index contributed by atoms with van der Waals surface area (Å²) in [6.07, 6.45) is -0.0689. The lowest BCUT2D eigenvalue weighted by Gasteiger charge is -2.15. The number of aryl methyl sites for hydroxylation is 1. The highest BCUT2D eigenvalue weighted by atomic mass is 16.5. The predicted molar refractivity (Wildman–Crippen MR) is 79.0 cm³/mol. The van der Waals surface area contributed by atoms with E-state index < -0.39 is 0 Å². The summed E-state index contributed by atoms with van der Waals surface area (Å²) >= 11 is 0. The zero-order chi connectivity index (χ0) is 14.8. The molecule has 0 aliphatic carbocycles. The van der Waals surface area contributed by atoms with Gasteiger partial charge in [-0.1, -0.05) is 17.7 Å². The highest BCUT2D eigenvalue weighted by Gasteiger charge is 2.06. The second-order valence-electron chi connectivity index (χ2n) is 4.72. The maximum absolute atomic E-state index is 11.5. The molecular weight excluding hydrogens is 256 g/mol. The smallest absolute Gasteiger partial charge is 0.234 e. The molecule has 1 unspecified atom stereocenters. The maximum atomic E-state index is 11.5. The fourth-order valence-electron chi connectivity index (χ4n) is 1.59. The van der Waals surface area contributed by atoms with Crippen LogP contribution in [0.15, 0.2) is 24.3 Å². The summed E-state index contributed by atoms with van der Waals surface area (Å²) in [5, 5.41) is 5.81. The Kier molecular flexibility index (Phi) is 7.69. The van der Waals surface area contributed by atoms with Crippen molar-refractivity contribution >= 4 is 5.91 Å². The largest absolute Gasteiger partial charge is 0.489 e. The van der Waals surface area contributed by atoms with Gasteiger partial charge in [-0.05, 0) is 26.0 Å². The molecule has 112 valence electrons. The fraction of sp³-hybridized carbons (Fsp3) is 0.533. The summed E-state index contributed by atoms with van der Waals surface area (Å²) in [5.74, 6) is 0.774. The van der Waals surface area contributed by atoms with Crippen LogP contribution in [-0.2, 0) is 9.53 Å². The van der Waals surface area contributed by atoms with E-state index in [0.29, 0.717) is 26.2 Å². The van der Waals surface area contributed by atoms with Gasteiger partial charge in [0.1, 0.15) is 11.9 Å². The van der Waals surface area contributed by atoms with Crippen molar-refractivity contribution in [2.75, 3.05) is 33.4 Å². The van der Waals surface area contributed by atoms with Crippen LogP contribution in [0.4, 0.5) is 0 Å². The first kappa shape index (κ1) is 16.5. The Bertz CT molecular complexity index is 393. The first-order valence-corrected chi connectivity index (χ1v) is 6.81. The Morgan fingerprint density at radius 3 is 2.65 bits per heavy atom. The lowest BCUT2D eigenvalue weighted by Crippen LogP contribution is -2.39. The highest BCUT2D eigenvalue weighted by molar-refractivity contribution is 5.77. The van der Waals surface area contributed by atoms with E-state index in [4.69, 9.17) is 9.47 Å². The van der Waals surface area contributed by atoms with Crippen LogP contribution in [0, 0.1) is 6.92 Å². The van der Waals surface area contributed by atoms with E-state index in [1.807, 2.05) is 38.1 Å². The molecule has 0 aliphatic heterocycles. The molecule has 0 aromatic heterocycles. The second kappa shape index (κ2) is 9.34. The van der Waals surface area contributed by atoms with Crippen LogP contribution in [-0.4, -0.2) is 45.4 Å². The Morgan fingerprint density at radius 1 is 1.30 bits per heavy atom. The molecule has 2 N–H and O–H groups in total. The Balaban J connectivity index is 2.17. The van der Waals surface area contributed by atoms with Crippen molar-refractivity contribution in [2.45, 2.75) is 20.0 Å². The summed E-state index contributed by atoms with van der Waals surface area (Å²) in [7, 11) is 1.63. The molecule has 1 rings (SSSR count). The van der Waals surface area contributed by atoms with Crippen LogP contribution in [0.25, 0.3) is 0 Å². The van der Waals surface area contributed by atoms with Gasteiger partial charge in [-0.3, -0.25) is 4.79 Å². The number of amides is 1. The van der Waals surface area contributed by atoms with Crippen molar-refractivity contribution < 1.29 is 14.3 Å². The van der Waals surface area contributed by atoms with Gasteiger partial charge >= 0.3 is 0 Å². The molecule has 0 saturated heterocycles. The van der Waals surface area contributed by atoms with Crippen molar-refractivity contribution in [3.63, 3.8) is 0 Å². The van der Waals surface area contributed by atoms with Gasteiger partial charge in [-0.15, -0.1) is 0 Å². The summed E-state index contributed by atoms with van der Waals surface area (Å²) in [6, 6.07) is 7.86. The van der Waals surface area contributed by atoms with Gasteiger partial charge < -0.3 is 20.1 Å². The van der Waals surface area contributed by atoms with Crippen LogP contribution >= 0.6 is 0 Å². The molecule has 1 atom stereocenters. The van der Waals surface area contributed by atoms with E-state index in [9.17, 15) is 4.79 Å². The molecule has 0 spiro atoms. The SMILES string of the molecule is COCCNCC(=O)NCC(C)Oc1ccc(C)cc1. The predicted octanol–water partition coefficient (Wildman–Crippen LogP) is 1.11. The quantitative estimate of drug-likeness (QED) is 0.665. The number of rotatable bonds is 9. The first-order chi connectivity index (χ1) is 9.61. The molecule has 1 aromatic carbocycles. The van der Waals surface area contributed by atoms with E-state index in [-0.39, 0.29) is 12.0 Å². The van der Waals surface area contributed by atoms with Gasteiger partial charge in [0.05, 0.1) is 19.7 Å². The molecule has 0 aliphatic rings. The van der Waals surface area contributed by atoms with E-state index in [1.165, 1.54) is 5.56 Å². The van der Waals surface area contributed by atoms with Crippen molar-refractivity contribution in [3.8, 4) is 5.75 Å². The number of carbonyl (C=O) groups excluding carboxylic acids is 1. The molecule has 0 saturated carbocycles. The average Bonchev–Trinajstić information content (AvgIpc) is 2.44. The minimum absolute atomic E-state index is 0.0412. The zero-order valence-corrected chi connectivity index (χ0v) is 12.4. The van der Waals surface area contributed by atoms with Gasteiger partial charge in [0.25, 0.3) is 0 Å². The third kappa shape index (κ3) is 7.11. The molecular formula is C15H24N2O3. The summed E-state index contributed by atoms with van der Waals surface area (Å²) < 4.78 is 10.6. The standard InChI is InChI=1S/C15H24N2O3/c1-12-4-6-14(7-5-12)20-13(2)10-17-15(18)11-16-8-9-19-3/h4-7,13,16H,8-11H2,1-3H3,(H,17,18). The molecule has 1 amide bonds. The van der Waals surface area contributed by atoms with Gasteiger partial charge in [0.15, 0.2) is 0 Å². The van der Waals surface area contributed by atoms with Crippen molar-refractivity contribution in [3.05, 3.63) is 29.8 Å². The topological polar surface area (TPSA) is 59.6 Å². The molecule has 0 heterocycles. The normalized spacial score (nSPS) is 11.9. The van der Waals surface area contributed by atoms with Crippen LogP contribution in [0.2, 0.25) is 0 Å². The van der Waals surface area contributed by atoms with Crippen molar-refractivity contribution in [1.29, 1.82) is 0 Å². The summed E-state index contributed by atoms with van der Waals surface area (Å²) in [4.78, 5) is 11.5. The minimum atomic E-state index is -0.0689. The van der Waals surface area contributed by atoms with Gasteiger partial charge in [-0.2, -0.15) is 0 Å². The summed E-state index contributed by atoms with van der Waals surface area (Å²) in [5.41, 5.74) is 1.19. The van der Waals surface area contributed by atoms with Gasteiger partial charge in [0.2, 0.25) is 5.91 Å². The average molecular weight is 280 g/mol. The molecule has 5 nitrogen and oxygen atoms in total. The van der Waals surface area contributed by atoms with Gasteiger partial charge in [-0.25, -0.2) is 0 Å². The van der Waals surface area contributed by atoms with Gasteiger partial charge in [0, 0.05) is 13.7 Å². The van der Waals surface area contributed by atoms with Crippen LogP contribution in [0.5, 0.6) is 5.75 Å². The van der Waals surface area contributed by atoms with Crippen LogP contribution < -0.4 is 15.4 Å². The first-order valence-electron chi connectivity index (χ1n) is 6.81. The number of hydrogen-bond acceptors (Lipinski definition) is 4. The molecule has 5 heteroatoms. The zero-order valence-electron chi connectivity index (χ0n) is 12.4. The molecule has 1 aromatic rings. The van der Waals surface area contributed by atoms with E-state index in [0.717, 1.165) is 5.75 Å². The van der Waals surface area contributed by atoms with Crippen LogP contribution in [0.3, 0.4) is 0 Å². The third-order valence-corrected chi connectivity index (χ3v) is 2.71. The number of carbonyl (C=O) groups is 1. The molecule has 0 fully saturated rings. The monoisotopic (exact) mass is 280 g/mol. The number of benzene rings is 1. The van der Waals surface area contributed by atoms with Crippen molar-refractivity contribution in [2.24, 2.45) is 0 Å². The van der Waals surface area contributed by atoms with E-state index >= 15 is 0 Å². The molecule has 0 radical (unpaired) electrons. The number of ether oxygens (including phenoxy) is 2. The Labute approximate surface area is 120 Å². The fourth-order valence-corrected chi connectivity index (χ4v) is 1.59. The van der Waals surface area contributed by atoms with Crippen LogP contribution in [0.1, 0.15) is 12.5 Å². The molecule has 0 bridgehead atoms. The number of methoxy groups -OCH3 is 1. The Morgan fingerprint density at radius 2 is 2.00 bits per heavy atom. The minimum Gasteiger partial charge on any atom is -0.489 e.